The first kappa shape index (κ1) is 21.0. The molecule has 9 nitrogen and oxygen atoms in total. The zero-order chi connectivity index (χ0) is 22.0. The molecule has 2 N–H and O–H groups in total. The maximum atomic E-state index is 12.4. The van der Waals surface area contributed by atoms with Gasteiger partial charge in [0, 0.05) is 37.2 Å². The third kappa shape index (κ3) is 4.45. The van der Waals surface area contributed by atoms with Gasteiger partial charge in [0.15, 0.2) is 5.82 Å². The quantitative estimate of drug-likeness (QED) is 0.693. The number of carbonyl (C=O) groups excluding carboxylic acids is 3. The molecule has 3 heterocycles. The van der Waals surface area contributed by atoms with Crippen LogP contribution in [0.15, 0.2) is 24.3 Å². The Kier molecular flexibility index (Phi) is 5.75. The number of hydrogen-bond donors (Lipinski definition) is 2. The van der Waals surface area contributed by atoms with E-state index in [-0.39, 0.29) is 24.8 Å². The molecule has 4 amide bonds. The van der Waals surface area contributed by atoms with E-state index in [0.29, 0.717) is 12.1 Å². The molecule has 31 heavy (non-hydrogen) atoms. The minimum absolute atomic E-state index is 0.163. The first-order valence-corrected chi connectivity index (χ1v) is 10.8. The zero-order valence-corrected chi connectivity index (χ0v) is 18.0. The summed E-state index contributed by atoms with van der Waals surface area (Å²) in [5, 5.41) is 14.3. The maximum absolute atomic E-state index is 12.4. The number of anilines is 1. The normalized spacial score (nSPS) is 17.8. The first-order valence-electron chi connectivity index (χ1n) is 10.8. The molecular weight excluding hydrogens is 396 g/mol. The number of carbonyl (C=O) groups is 3. The molecular formula is C22H28N6O3. The molecule has 0 radical (unpaired) electrons. The molecule has 164 valence electrons. The Morgan fingerprint density at radius 3 is 2.81 bits per heavy atom. The Morgan fingerprint density at radius 2 is 2.03 bits per heavy atom. The van der Waals surface area contributed by atoms with Gasteiger partial charge in [-0.15, -0.1) is 10.2 Å². The number of fused-ring (bicyclic) bond motifs is 1. The standard InChI is InChI=1S/C22H28N6O3/c1-22(2)20(30)28(21(31)24-22)13-7-11-18(29)23-16-9-6-8-15(14-16)19-26-25-17-10-4-3-5-12-27(17)19/h6,8-9,14H,3-5,7,10-13H2,1-2H3,(H,23,29)(H,24,31). The Hall–Kier alpha value is -3.23. The fraction of sp³-hybridized carbons (Fsp3) is 0.500. The molecule has 2 aromatic rings. The highest BCUT2D eigenvalue weighted by Gasteiger charge is 2.43. The summed E-state index contributed by atoms with van der Waals surface area (Å²) in [6.07, 6.45) is 5.00. The van der Waals surface area contributed by atoms with Gasteiger partial charge in [0.25, 0.3) is 5.91 Å². The predicted molar refractivity (Wildman–Crippen MR) is 115 cm³/mol. The summed E-state index contributed by atoms with van der Waals surface area (Å²) in [5.41, 5.74) is 0.712. The molecule has 1 saturated heterocycles. The number of nitrogens with zero attached hydrogens (tertiary/aromatic N) is 4. The van der Waals surface area contributed by atoms with Crippen LogP contribution in [0.4, 0.5) is 10.5 Å². The van der Waals surface area contributed by atoms with Crippen molar-refractivity contribution in [3.05, 3.63) is 30.1 Å². The number of rotatable bonds is 6. The van der Waals surface area contributed by atoms with Crippen LogP contribution in [0.5, 0.6) is 0 Å². The van der Waals surface area contributed by atoms with Gasteiger partial charge < -0.3 is 15.2 Å². The zero-order valence-electron chi connectivity index (χ0n) is 18.0. The monoisotopic (exact) mass is 424 g/mol. The summed E-state index contributed by atoms with van der Waals surface area (Å²) >= 11 is 0. The van der Waals surface area contributed by atoms with E-state index in [2.05, 4.69) is 25.4 Å². The maximum Gasteiger partial charge on any atom is 0.325 e. The number of nitrogens with one attached hydrogen (secondary N) is 2. The van der Waals surface area contributed by atoms with Gasteiger partial charge in [0.05, 0.1) is 0 Å². The van der Waals surface area contributed by atoms with Gasteiger partial charge in [-0.1, -0.05) is 18.6 Å². The van der Waals surface area contributed by atoms with E-state index in [1.54, 1.807) is 13.8 Å². The van der Waals surface area contributed by atoms with Gasteiger partial charge >= 0.3 is 6.03 Å². The van der Waals surface area contributed by atoms with Crippen molar-refractivity contribution in [2.24, 2.45) is 0 Å². The van der Waals surface area contributed by atoms with Crippen LogP contribution in [0.1, 0.15) is 51.8 Å². The van der Waals surface area contributed by atoms with Gasteiger partial charge in [-0.3, -0.25) is 14.5 Å². The predicted octanol–water partition coefficient (Wildman–Crippen LogP) is 2.72. The highest BCUT2D eigenvalue weighted by atomic mass is 16.2. The molecule has 0 spiro atoms. The first-order chi connectivity index (χ1) is 14.8. The van der Waals surface area contributed by atoms with E-state index in [1.165, 1.54) is 11.3 Å². The molecule has 0 aliphatic carbocycles. The highest BCUT2D eigenvalue weighted by molar-refractivity contribution is 6.06. The average molecular weight is 425 g/mol. The molecule has 0 atom stereocenters. The van der Waals surface area contributed by atoms with Gasteiger partial charge in [0.1, 0.15) is 11.4 Å². The SMILES string of the molecule is CC1(C)NC(=O)N(CCCC(=O)Nc2cccc(-c3nnc4n3CCCCC4)c2)C1=O. The Morgan fingerprint density at radius 1 is 1.19 bits per heavy atom. The molecule has 1 fully saturated rings. The van der Waals surface area contributed by atoms with Crippen molar-refractivity contribution in [3.8, 4) is 11.4 Å². The third-order valence-electron chi connectivity index (χ3n) is 5.74. The van der Waals surface area contributed by atoms with E-state index in [9.17, 15) is 14.4 Å². The van der Waals surface area contributed by atoms with Gasteiger partial charge in [-0.2, -0.15) is 0 Å². The van der Waals surface area contributed by atoms with Crippen LogP contribution in [0.2, 0.25) is 0 Å². The van der Waals surface area contributed by atoms with Crippen molar-refractivity contribution in [1.29, 1.82) is 0 Å². The van der Waals surface area contributed by atoms with Crippen LogP contribution < -0.4 is 10.6 Å². The van der Waals surface area contributed by atoms with Gasteiger partial charge in [0.2, 0.25) is 5.91 Å². The van der Waals surface area contributed by atoms with Crippen molar-refractivity contribution < 1.29 is 14.4 Å². The number of amides is 4. The summed E-state index contributed by atoms with van der Waals surface area (Å²) in [7, 11) is 0. The summed E-state index contributed by atoms with van der Waals surface area (Å²) in [6.45, 7) is 4.46. The number of benzene rings is 1. The molecule has 4 rings (SSSR count). The summed E-state index contributed by atoms with van der Waals surface area (Å²) in [5.74, 6) is 1.42. The average Bonchev–Trinajstić information content (AvgIpc) is 3.09. The molecule has 2 aliphatic rings. The molecule has 0 bridgehead atoms. The van der Waals surface area contributed by atoms with Gasteiger partial charge in [-0.25, -0.2) is 4.79 Å². The van der Waals surface area contributed by atoms with Crippen molar-refractivity contribution in [2.45, 2.75) is 64.5 Å². The Balaban J connectivity index is 1.35. The van der Waals surface area contributed by atoms with Crippen LogP contribution in [-0.4, -0.2) is 49.6 Å². The fourth-order valence-corrected chi connectivity index (χ4v) is 4.08. The largest absolute Gasteiger partial charge is 0.326 e. The Bertz CT molecular complexity index is 1010. The number of imide groups is 1. The van der Waals surface area contributed by atoms with E-state index < -0.39 is 11.6 Å². The van der Waals surface area contributed by atoms with Crippen molar-refractivity contribution in [3.63, 3.8) is 0 Å². The van der Waals surface area contributed by atoms with Crippen molar-refractivity contribution in [1.82, 2.24) is 25.0 Å². The molecule has 9 heteroatoms. The number of aromatic nitrogens is 3. The minimum atomic E-state index is -0.889. The molecule has 1 aromatic heterocycles. The second kappa shape index (κ2) is 8.49. The molecule has 1 aromatic carbocycles. The van der Waals surface area contributed by atoms with Gasteiger partial charge in [-0.05, 0) is 45.2 Å². The lowest BCUT2D eigenvalue weighted by Crippen LogP contribution is -2.40. The Labute approximate surface area is 181 Å². The number of urea groups is 1. The summed E-state index contributed by atoms with van der Waals surface area (Å²) in [6, 6.07) is 7.19. The number of aryl methyl sites for hydroxylation is 1. The molecule has 0 unspecified atom stereocenters. The van der Waals surface area contributed by atoms with Crippen LogP contribution in [0, 0.1) is 0 Å². The van der Waals surface area contributed by atoms with Crippen LogP contribution >= 0.6 is 0 Å². The summed E-state index contributed by atoms with van der Waals surface area (Å²) in [4.78, 5) is 37.7. The van der Waals surface area contributed by atoms with Crippen LogP contribution in [0.3, 0.4) is 0 Å². The minimum Gasteiger partial charge on any atom is -0.326 e. The second-order valence-electron chi connectivity index (χ2n) is 8.65. The van der Waals surface area contributed by atoms with Crippen LogP contribution in [0.25, 0.3) is 11.4 Å². The topological polar surface area (TPSA) is 109 Å². The number of hydrogen-bond acceptors (Lipinski definition) is 5. The third-order valence-corrected chi connectivity index (χ3v) is 5.74. The van der Waals surface area contributed by atoms with E-state index in [1.807, 2.05) is 24.3 Å². The lowest BCUT2D eigenvalue weighted by atomic mass is 10.1. The summed E-state index contributed by atoms with van der Waals surface area (Å²) < 4.78 is 2.17. The highest BCUT2D eigenvalue weighted by Crippen LogP contribution is 2.25. The van der Waals surface area contributed by atoms with Crippen molar-refractivity contribution in [2.75, 3.05) is 11.9 Å². The lowest BCUT2D eigenvalue weighted by molar-refractivity contribution is -0.130. The van der Waals surface area contributed by atoms with E-state index >= 15 is 0 Å². The molecule has 0 saturated carbocycles. The fourth-order valence-electron chi connectivity index (χ4n) is 4.08. The van der Waals surface area contributed by atoms with Crippen LogP contribution in [-0.2, 0) is 22.6 Å². The second-order valence-corrected chi connectivity index (χ2v) is 8.65. The van der Waals surface area contributed by atoms with E-state index in [0.717, 1.165) is 43.0 Å². The molecule has 2 aliphatic heterocycles. The lowest BCUT2D eigenvalue weighted by Gasteiger charge is -2.15. The van der Waals surface area contributed by atoms with E-state index in [4.69, 9.17) is 0 Å². The van der Waals surface area contributed by atoms with Crippen molar-refractivity contribution >= 4 is 23.5 Å². The smallest absolute Gasteiger partial charge is 0.325 e.